The number of halogens is 2. The van der Waals surface area contributed by atoms with E-state index in [-0.39, 0.29) is 5.79 Å². The lowest BCUT2D eigenvalue weighted by atomic mass is 9.90. The number of hydrogen-bond donors (Lipinski definition) is 1. The molecule has 2 fully saturated rings. The van der Waals surface area contributed by atoms with Crippen molar-refractivity contribution < 1.29 is 9.47 Å². The predicted molar refractivity (Wildman–Crippen MR) is 84.7 cm³/mol. The molecule has 104 valence electrons. The Morgan fingerprint density at radius 2 is 1.89 bits per heavy atom. The van der Waals surface area contributed by atoms with Crippen LogP contribution < -0.4 is 5.32 Å². The van der Waals surface area contributed by atoms with E-state index in [0.717, 1.165) is 43.9 Å². The van der Waals surface area contributed by atoms with E-state index in [9.17, 15) is 0 Å². The second-order valence-corrected chi connectivity index (χ2v) is 6.75. The molecule has 0 aromatic heterocycles. The lowest BCUT2D eigenvalue weighted by molar-refractivity contribution is -0.177. The van der Waals surface area contributed by atoms with Gasteiger partial charge in [-0.2, -0.15) is 0 Å². The van der Waals surface area contributed by atoms with Gasteiger partial charge in [-0.25, -0.2) is 0 Å². The van der Waals surface area contributed by atoms with Crippen LogP contribution in [-0.2, 0) is 9.47 Å². The molecule has 1 aliphatic heterocycles. The summed E-state index contributed by atoms with van der Waals surface area (Å²) >= 11 is 8.29. The van der Waals surface area contributed by atoms with Gasteiger partial charge in [-0.15, -0.1) is 0 Å². The first kappa shape index (κ1) is 13.9. The molecule has 5 heteroatoms. The summed E-state index contributed by atoms with van der Waals surface area (Å²) in [6, 6.07) is 6.46. The first-order valence-electron chi connectivity index (χ1n) is 6.66. The Morgan fingerprint density at radius 3 is 2.53 bits per heavy atom. The normalized spacial score (nSPS) is 22.8. The lowest BCUT2D eigenvalue weighted by Gasteiger charge is -2.36. The second-order valence-electron chi connectivity index (χ2n) is 5.15. The zero-order chi connectivity index (χ0) is 13.3. The van der Waals surface area contributed by atoms with E-state index in [0.29, 0.717) is 6.04 Å². The SMILES string of the molecule is Clc1ccc(NC2CCC3(CC2)OCCO3)c(I)c1. The summed E-state index contributed by atoms with van der Waals surface area (Å²) in [5.41, 5.74) is 1.17. The van der Waals surface area contributed by atoms with Crippen LogP contribution in [0.15, 0.2) is 18.2 Å². The highest BCUT2D eigenvalue weighted by atomic mass is 127. The molecule has 1 N–H and O–H groups in total. The summed E-state index contributed by atoms with van der Waals surface area (Å²) in [5.74, 6) is -0.272. The number of hydrogen-bond acceptors (Lipinski definition) is 3. The standard InChI is InChI=1S/C14H17ClINO2/c15-10-1-2-13(12(16)9-10)17-11-3-5-14(6-4-11)18-7-8-19-14/h1-2,9,11,17H,3-8H2. The van der Waals surface area contributed by atoms with E-state index in [1.165, 1.54) is 9.26 Å². The van der Waals surface area contributed by atoms with Crippen molar-refractivity contribution in [2.75, 3.05) is 18.5 Å². The van der Waals surface area contributed by atoms with Crippen molar-refractivity contribution in [1.29, 1.82) is 0 Å². The van der Waals surface area contributed by atoms with E-state index in [1.807, 2.05) is 12.1 Å². The van der Waals surface area contributed by atoms with Gasteiger partial charge in [0.25, 0.3) is 0 Å². The molecule has 1 aliphatic carbocycles. The van der Waals surface area contributed by atoms with Gasteiger partial charge in [0.1, 0.15) is 0 Å². The highest BCUT2D eigenvalue weighted by Crippen LogP contribution is 2.37. The highest BCUT2D eigenvalue weighted by molar-refractivity contribution is 14.1. The van der Waals surface area contributed by atoms with Crippen molar-refractivity contribution in [3.8, 4) is 0 Å². The van der Waals surface area contributed by atoms with Crippen LogP contribution in [0.5, 0.6) is 0 Å². The van der Waals surface area contributed by atoms with E-state index in [1.54, 1.807) is 0 Å². The maximum atomic E-state index is 5.98. The van der Waals surface area contributed by atoms with Crippen molar-refractivity contribution in [2.45, 2.75) is 37.5 Å². The van der Waals surface area contributed by atoms with Gasteiger partial charge in [-0.3, -0.25) is 0 Å². The topological polar surface area (TPSA) is 30.5 Å². The van der Waals surface area contributed by atoms with E-state index in [2.05, 4.69) is 34.0 Å². The van der Waals surface area contributed by atoms with Crippen LogP contribution in [0.25, 0.3) is 0 Å². The van der Waals surface area contributed by atoms with Crippen molar-refractivity contribution in [3.05, 3.63) is 26.8 Å². The molecule has 0 amide bonds. The van der Waals surface area contributed by atoms with Crippen LogP contribution in [-0.4, -0.2) is 25.0 Å². The molecule has 3 nitrogen and oxygen atoms in total. The fourth-order valence-corrected chi connectivity index (χ4v) is 3.84. The van der Waals surface area contributed by atoms with Gasteiger partial charge in [0, 0.05) is 33.2 Å². The Morgan fingerprint density at radius 1 is 1.21 bits per heavy atom. The Labute approximate surface area is 132 Å². The number of ether oxygens (including phenoxy) is 2. The van der Waals surface area contributed by atoms with Crippen molar-refractivity contribution >= 4 is 39.9 Å². The maximum Gasteiger partial charge on any atom is 0.168 e. The lowest BCUT2D eigenvalue weighted by Crippen LogP contribution is -2.39. The predicted octanol–water partition coefficient (Wildman–Crippen LogP) is 4.04. The summed E-state index contributed by atoms with van der Waals surface area (Å²) in [6.07, 6.45) is 4.13. The number of rotatable bonds is 2. The molecule has 1 saturated carbocycles. The van der Waals surface area contributed by atoms with Gasteiger partial charge < -0.3 is 14.8 Å². The van der Waals surface area contributed by atoms with Gasteiger partial charge >= 0.3 is 0 Å². The fraction of sp³-hybridized carbons (Fsp3) is 0.571. The van der Waals surface area contributed by atoms with Gasteiger partial charge in [-0.1, -0.05) is 11.6 Å². The molecular weight excluding hydrogens is 377 g/mol. The first-order chi connectivity index (χ1) is 9.17. The molecule has 3 rings (SSSR count). The van der Waals surface area contributed by atoms with E-state index in [4.69, 9.17) is 21.1 Å². The zero-order valence-electron chi connectivity index (χ0n) is 10.6. The molecular formula is C14H17ClINO2. The van der Waals surface area contributed by atoms with Gasteiger partial charge in [-0.05, 0) is 53.6 Å². The van der Waals surface area contributed by atoms with E-state index < -0.39 is 0 Å². The minimum absolute atomic E-state index is 0.272. The summed E-state index contributed by atoms with van der Waals surface area (Å²) in [7, 11) is 0. The summed E-state index contributed by atoms with van der Waals surface area (Å²) in [4.78, 5) is 0. The molecule has 1 saturated heterocycles. The third-order valence-electron chi connectivity index (χ3n) is 3.85. The molecule has 0 radical (unpaired) electrons. The van der Waals surface area contributed by atoms with Crippen LogP contribution in [0.2, 0.25) is 5.02 Å². The third kappa shape index (κ3) is 3.17. The van der Waals surface area contributed by atoms with Gasteiger partial charge in [0.15, 0.2) is 5.79 Å². The summed E-state index contributed by atoms with van der Waals surface area (Å²) < 4.78 is 12.7. The fourth-order valence-electron chi connectivity index (χ4n) is 2.81. The largest absolute Gasteiger partial charge is 0.381 e. The molecule has 0 bridgehead atoms. The molecule has 1 heterocycles. The Hall–Kier alpha value is -0.0400. The second kappa shape index (κ2) is 5.76. The van der Waals surface area contributed by atoms with Crippen molar-refractivity contribution in [2.24, 2.45) is 0 Å². The summed E-state index contributed by atoms with van der Waals surface area (Å²) in [5, 5.41) is 4.39. The average Bonchev–Trinajstić information content (AvgIpc) is 2.84. The molecule has 1 spiro atoms. The van der Waals surface area contributed by atoms with Crippen molar-refractivity contribution in [3.63, 3.8) is 0 Å². The Bertz CT molecular complexity index is 453. The van der Waals surface area contributed by atoms with Crippen molar-refractivity contribution in [1.82, 2.24) is 0 Å². The Balaban J connectivity index is 1.60. The smallest absolute Gasteiger partial charge is 0.168 e. The van der Waals surface area contributed by atoms with Crippen LogP contribution >= 0.6 is 34.2 Å². The zero-order valence-corrected chi connectivity index (χ0v) is 13.5. The Kier molecular flexibility index (Phi) is 4.22. The maximum absolute atomic E-state index is 5.98. The molecule has 19 heavy (non-hydrogen) atoms. The van der Waals surface area contributed by atoms with E-state index >= 15 is 0 Å². The first-order valence-corrected chi connectivity index (χ1v) is 8.12. The summed E-state index contributed by atoms with van der Waals surface area (Å²) in [6.45, 7) is 1.49. The molecule has 1 aromatic carbocycles. The third-order valence-corrected chi connectivity index (χ3v) is 4.98. The van der Waals surface area contributed by atoms with Crippen LogP contribution in [0.4, 0.5) is 5.69 Å². The van der Waals surface area contributed by atoms with Gasteiger partial charge in [0.05, 0.1) is 13.2 Å². The van der Waals surface area contributed by atoms with Crippen LogP contribution in [0.1, 0.15) is 25.7 Å². The van der Waals surface area contributed by atoms with Gasteiger partial charge in [0.2, 0.25) is 0 Å². The average molecular weight is 394 g/mol. The monoisotopic (exact) mass is 393 g/mol. The minimum atomic E-state index is -0.272. The molecule has 0 unspecified atom stereocenters. The molecule has 0 atom stereocenters. The number of benzene rings is 1. The van der Waals surface area contributed by atoms with Crippen LogP contribution in [0, 0.1) is 3.57 Å². The number of anilines is 1. The van der Waals surface area contributed by atoms with Crippen LogP contribution in [0.3, 0.4) is 0 Å². The molecule has 1 aromatic rings. The highest BCUT2D eigenvalue weighted by Gasteiger charge is 2.40. The molecule has 2 aliphatic rings. The minimum Gasteiger partial charge on any atom is -0.381 e. The number of nitrogens with one attached hydrogen (secondary N) is 1. The quantitative estimate of drug-likeness (QED) is 0.769.